The lowest BCUT2D eigenvalue weighted by molar-refractivity contribution is -0.137. The molecule has 4 rings (SSSR count). The fourth-order valence-corrected chi connectivity index (χ4v) is 4.22. The molecule has 0 saturated heterocycles. The van der Waals surface area contributed by atoms with Crippen molar-refractivity contribution in [3.63, 3.8) is 0 Å². The third-order valence-electron chi connectivity index (χ3n) is 5.36. The fraction of sp³-hybridized carbons (Fsp3) is 0.350. The van der Waals surface area contributed by atoms with Crippen LogP contribution in [0.3, 0.4) is 0 Å². The minimum absolute atomic E-state index is 0.422. The van der Waals surface area contributed by atoms with Crippen molar-refractivity contribution in [3.8, 4) is 0 Å². The SMILES string of the molecule is O=C(O)CN1C(=O)c2cccc3c(C4CCCCC4)ccc(c23)C1=O. The molecule has 2 aliphatic rings. The Bertz CT molecular complexity index is 874. The first-order valence-electron chi connectivity index (χ1n) is 8.71. The van der Waals surface area contributed by atoms with Gasteiger partial charge in [0.2, 0.25) is 0 Å². The molecule has 1 aliphatic carbocycles. The predicted molar refractivity (Wildman–Crippen MR) is 92.8 cm³/mol. The van der Waals surface area contributed by atoms with Gasteiger partial charge in [0.05, 0.1) is 0 Å². The van der Waals surface area contributed by atoms with Crippen molar-refractivity contribution in [2.75, 3.05) is 6.54 Å². The quantitative estimate of drug-likeness (QED) is 0.869. The molecule has 0 bridgehead atoms. The van der Waals surface area contributed by atoms with Crippen LogP contribution < -0.4 is 0 Å². The standard InChI is InChI=1S/C20H19NO4/c22-17(23)11-21-19(24)15-8-4-7-14-13(12-5-2-1-3-6-12)9-10-16(18(14)15)20(21)25/h4,7-10,12H,1-3,5-6,11H2,(H,22,23). The van der Waals surface area contributed by atoms with Crippen LogP contribution in [0, 0.1) is 0 Å². The monoisotopic (exact) mass is 337 g/mol. The van der Waals surface area contributed by atoms with Crippen molar-refractivity contribution in [3.05, 3.63) is 47.0 Å². The van der Waals surface area contributed by atoms with Gasteiger partial charge in [-0.15, -0.1) is 0 Å². The van der Waals surface area contributed by atoms with E-state index in [1.165, 1.54) is 24.8 Å². The Labute approximate surface area is 145 Å². The molecular formula is C20H19NO4. The second kappa shape index (κ2) is 5.99. The number of carbonyl (C=O) groups is 3. The Kier molecular flexibility index (Phi) is 3.79. The van der Waals surface area contributed by atoms with Gasteiger partial charge >= 0.3 is 5.97 Å². The van der Waals surface area contributed by atoms with Crippen LogP contribution in [-0.2, 0) is 4.79 Å². The zero-order chi connectivity index (χ0) is 17.6. The van der Waals surface area contributed by atoms with Gasteiger partial charge in [0, 0.05) is 16.5 Å². The van der Waals surface area contributed by atoms with Crippen LogP contribution >= 0.6 is 0 Å². The normalized spacial score (nSPS) is 18.0. The minimum Gasteiger partial charge on any atom is -0.480 e. The maximum absolute atomic E-state index is 12.7. The largest absolute Gasteiger partial charge is 0.480 e. The maximum atomic E-state index is 12.7. The molecule has 2 aromatic carbocycles. The van der Waals surface area contributed by atoms with Crippen LogP contribution in [0.25, 0.3) is 10.8 Å². The van der Waals surface area contributed by atoms with E-state index in [2.05, 4.69) is 0 Å². The molecule has 0 radical (unpaired) electrons. The van der Waals surface area contributed by atoms with Gasteiger partial charge in [-0.2, -0.15) is 0 Å². The van der Waals surface area contributed by atoms with E-state index in [4.69, 9.17) is 5.11 Å². The van der Waals surface area contributed by atoms with Crippen molar-refractivity contribution < 1.29 is 19.5 Å². The molecule has 2 amide bonds. The molecule has 0 aromatic heterocycles. The number of nitrogens with zero attached hydrogens (tertiary/aromatic N) is 1. The van der Waals surface area contributed by atoms with Crippen LogP contribution in [-0.4, -0.2) is 34.3 Å². The number of carbonyl (C=O) groups excluding carboxylic acids is 2. The van der Waals surface area contributed by atoms with Crippen LogP contribution in [0.15, 0.2) is 30.3 Å². The first-order chi connectivity index (χ1) is 12.1. The van der Waals surface area contributed by atoms with Gasteiger partial charge < -0.3 is 5.11 Å². The average molecular weight is 337 g/mol. The summed E-state index contributed by atoms with van der Waals surface area (Å²) in [6.45, 7) is -0.613. The molecule has 0 unspecified atom stereocenters. The maximum Gasteiger partial charge on any atom is 0.323 e. The molecule has 0 spiro atoms. The summed E-state index contributed by atoms with van der Waals surface area (Å²) >= 11 is 0. The molecule has 128 valence electrons. The van der Waals surface area contributed by atoms with Crippen LogP contribution in [0.2, 0.25) is 0 Å². The summed E-state index contributed by atoms with van der Waals surface area (Å²) in [5, 5.41) is 10.7. The summed E-state index contributed by atoms with van der Waals surface area (Å²) in [5.74, 6) is -1.78. The van der Waals surface area contributed by atoms with E-state index in [-0.39, 0.29) is 0 Å². The lowest BCUT2D eigenvalue weighted by Gasteiger charge is -2.29. The molecule has 0 atom stereocenters. The molecule has 1 N–H and O–H groups in total. The fourth-order valence-electron chi connectivity index (χ4n) is 4.22. The van der Waals surface area contributed by atoms with E-state index >= 15 is 0 Å². The summed E-state index contributed by atoms with van der Waals surface area (Å²) in [6.07, 6.45) is 5.94. The molecule has 2 aromatic rings. The number of amides is 2. The number of carboxylic acids is 1. The third-order valence-corrected chi connectivity index (χ3v) is 5.36. The van der Waals surface area contributed by atoms with Crippen molar-refractivity contribution in [2.45, 2.75) is 38.0 Å². The summed E-state index contributed by atoms with van der Waals surface area (Å²) in [5.41, 5.74) is 2.05. The molecule has 1 fully saturated rings. The smallest absolute Gasteiger partial charge is 0.323 e. The van der Waals surface area contributed by atoms with Gasteiger partial charge in [-0.25, -0.2) is 0 Å². The third kappa shape index (κ3) is 2.51. The van der Waals surface area contributed by atoms with Gasteiger partial charge in [-0.3, -0.25) is 19.3 Å². The van der Waals surface area contributed by atoms with E-state index in [1.54, 1.807) is 12.1 Å². The highest BCUT2D eigenvalue weighted by Crippen LogP contribution is 2.39. The summed E-state index contributed by atoms with van der Waals surface area (Å²) in [4.78, 5) is 37.2. The summed E-state index contributed by atoms with van der Waals surface area (Å²) in [7, 11) is 0. The Hall–Kier alpha value is -2.69. The zero-order valence-corrected chi connectivity index (χ0v) is 13.8. The Morgan fingerprint density at radius 1 is 1.00 bits per heavy atom. The lowest BCUT2D eigenvalue weighted by atomic mass is 9.80. The lowest BCUT2D eigenvalue weighted by Crippen LogP contribution is -2.43. The van der Waals surface area contributed by atoms with E-state index in [1.807, 2.05) is 18.2 Å². The number of imide groups is 1. The molecule has 1 saturated carbocycles. The van der Waals surface area contributed by atoms with E-state index in [0.717, 1.165) is 23.1 Å². The molecule has 1 aliphatic heterocycles. The molecule has 1 heterocycles. The highest BCUT2D eigenvalue weighted by Gasteiger charge is 2.35. The summed E-state index contributed by atoms with van der Waals surface area (Å²) in [6, 6.07) is 9.23. The molecule has 5 nitrogen and oxygen atoms in total. The number of aliphatic carboxylic acids is 1. The summed E-state index contributed by atoms with van der Waals surface area (Å²) < 4.78 is 0. The van der Waals surface area contributed by atoms with E-state index < -0.39 is 24.3 Å². The Morgan fingerprint density at radius 2 is 1.68 bits per heavy atom. The molecule has 5 heteroatoms. The van der Waals surface area contributed by atoms with Crippen LogP contribution in [0.1, 0.15) is 64.3 Å². The van der Waals surface area contributed by atoms with E-state index in [9.17, 15) is 14.4 Å². The van der Waals surface area contributed by atoms with Gasteiger partial charge in [0.15, 0.2) is 0 Å². The Morgan fingerprint density at radius 3 is 2.36 bits per heavy atom. The van der Waals surface area contributed by atoms with Crippen molar-refractivity contribution in [1.29, 1.82) is 0 Å². The van der Waals surface area contributed by atoms with E-state index in [0.29, 0.717) is 22.4 Å². The average Bonchev–Trinajstić information content (AvgIpc) is 2.63. The number of rotatable bonds is 3. The van der Waals surface area contributed by atoms with Crippen LogP contribution in [0.5, 0.6) is 0 Å². The van der Waals surface area contributed by atoms with Crippen molar-refractivity contribution >= 4 is 28.6 Å². The first kappa shape index (κ1) is 15.8. The second-order valence-corrected chi connectivity index (χ2v) is 6.86. The Balaban J connectivity index is 1.89. The second-order valence-electron chi connectivity index (χ2n) is 6.86. The topological polar surface area (TPSA) is 74.7 Å². The highest BCUT2D eigenvalue weighted by atomic mass is 16.4. The zero-order valence-electron chi connectivity index (χ0n) is 13.8. The van der Waals surface area contributed by atoms with Gasteiger partial charge in [-0.1, -0.05) is 37.5 Å². The number of carboxylic acid groups (broad SMARTS) is 1. The van der Waals surface area contributed by atoms with Gasteiger partial charge in [0.1, 0.15) is 6.54 Å². The van der Waals surface area contributed by atoms with Gasteiger partial charge in [0.25, 0.3) is 11.8 Å². The predicted octanol–water partition coefficient (Wildman–Crippen LogP) is 3.57. The van der Waals surface area contributed by atoms with Crippen molar-refractivity contribution in [1.82, 2.24) is 4.90 Å². The minimum atomic E-state index is -1.20. The van der Waals surface area contributed by atoms with Crippen LogP contribution in [0.4, 0.5) is 0 Å². The number of hydrogen-bond acceptors (Lipinski definition) is 3. The van der Waals surface area contributed by atoms with Gasteiger partial charge in [-0.05, 0) is 41.8 Å². The number of hydrogen-bond donors (Lipinski definition) is 1. The van der Waals surface area contributed by atoms with Crippen molar-refractivity contribution in [2.24, 2.45) is 0 Å². The number of benzene rings is 2. The molecular weight excluding hydrogens is 318 g/mol. The highest BCUT2D eigenvalue weighted by molar-refractivity contribution is 6.26. The first-order valence-corrected chi connectivity index (χ1v) is 8.71. The molecule has 25 heavy (non-hydrogen) atoms.